The van der Waals surface area contributed by atoms with E-state index in [1.807, 2.05) is 30.9 Å². The van der Waals surface area contributed by atoms with E-state index in [2.05, 4.69) is 29.7 Å². The van der Waals surface area contributed by atoms with Crippen molar-refractivity contribution in [3.05, 3.63) is 34.9 Å². The fraction of sp³-hybridized carbons (Fsp3) is 0.667. The third-order valence-electron chi connectivity index (χ3n) is 6.42. The highest BCUT2D eigenvalue weighted by Gasteiger charge is 2.36. The fourth-order valence-corrected chi connectivity index (χ4v) is 4.86. The minimum absolute atomic E-state index is 0. The summed E-state index contributed by atoms with van der Waals surface area (Å²) in [6.07, 6.45) is 3.70. The number of carbonyl (C=O) groups excluding carboxylic acids is 1. The van der Waals surface area contributed by atoms with E-state index in [1.54, 1.807) is 0 Å². The zero-order chi connectivity index (χ0) is 22.3. The third-order valence-corrected chi connectivity index (χ3v) is 6.75. The van der Waals surface area contributed by atoms with Gasteiger partial charge in [0, 0.05) is 55.2 Å². The quantitative estimate of drug-likeness (QED) is 0.303. The molecule has 0 unspecified atom stereocenters. The summed E-state index contributed by atoms with van der Waals surface area (Å²) in [7, 11) is 0. The van der Waals surface area contributed by atoms with Crippen molar-refractivity contribution in [3.8, 4) is 0 Å². The summed E-state index contributed by atoms with van der Waals surface area (Å²) in [5.41, 5.74) is 1.06. The van der Waals surface area contributed by atoms with Crippen LogP contribution in [-0.4, -0.2) is 62.2 Å². The van der Waals surface area contributed by atoms with Gasteiger partial charge in [-0.05, 0) is 44.2 Å². The molecule has 1 aromatic carbocycles. The highest BCUT2D eigenvalue weighted by molar-refractivity contribution is 14.0. The molecule has 0 atom stereocenters. The Hall–Kier alpha value is -1.06. The number of halogens is 2. The molecule has 0 aliphatic carbocycles. The first-order valence-corrected chi connectivity index (χ1v) is 12.0. The molecule has 8 heteroatoms. The molecule has 32 heavy (non-hydrogen) atoms. The van der Waals surface area contributed by atoms with Crippen molar-refractivity contribution in [3.63, 3.8) is 0 Å². The van der Waals surface area contributed by atoms with Gasteiger partial charge in [0.25, 0.3) is 0 Å². The zero-order valence-corrected chi connectivity index (χ0v) is 22.6. The first-order chi connectivity index (χ1) is 14.9. The van der Waals surface area contributed by atoms with Crippen LogP contribution in [0, 0.1) is 5.92 Å². The van der Waals surface area contributed by atoms with E-state index in [9.17, 15) is 4.79 Å². The van der Waals surface area contributed by atoms with Gasteiger partial charge in [0.15, 0.2) is 5.96 Å². The number of likely N-dealkylation sites (tertiary alicyclic amines) is 1. The summed E-state index contributed by atoms with van der Waals surface area (Å²) in [5.74, 6) is 1.15. The zero-order valence-electron chi connectivity index (χ0n) is 19.5. The molecule has 1 amide bonds. The summed E-state index contributed by atoms with van der Waals surface area (Å²) in [5, 5.41) is 7.81. The van der Waals surface area contributed by atoms with Gasteiger partial charge >= 0.3 is 0 Å². The third kappa shape index (κ3) is 6.97. The molecule has 2 fully saturated rings. The molecule has 2 saturated heterocycles. The predicted molar refractivity (Wildman–Crippen MR) is 142 cm³/mol. The first-order valence-electron chi connectivity index (χ1n) is 11.6. The Balaban J connectivity index is 0.00000363. The SMILES string of the molecule is CCNC(=NCC1(c2ccccc2Cl)CCOCC1)NC1CCN(C(=O)C(C)C)CC1.I. The van der Waals surface area contributed by atoms with Crippen LogP contribution in [0.2, 0.25) is 5.02 Å². The molecule has 0 radical (unpaired) electrons. The van der Waals surface area contributed by atoms with E-state index in [0.29, 0.717) is 12.6 Å². The van der Waals surface area contributed by atoms with Crippen LogP contribution in [0.1, 0.15) is 52.0 Å². The summed E-state index contributed by atoms with van der Waals surface area (Å²) in [6.45, 7) is 10.5. The number of amides is 1. The average molecular weight is 577 g/mol. The van der Waals surface area contributed by atoms with Crippen LogP contribution in [0.25, 0.3) is 0 Å². The second-order valence-corrected chi connectivity index (χ2v) is 9.37. The van der Waals surface area contributed by atoms with Gasteiger partial charge in [-0.1, -0.05) is 43.6 Å². The number of guanidine groups is 1. The predicted octanol–water partition coefficient (Wildman–Crippen LogP) is 4.21. The van der Waals surface area contributed by atoms with E-state index in [-0.39, 0.29) is 41.2 Å². The lowest BCUT2D eigenvalue weighted by Gasteiger charge is -2.37. The van der Waals surface area contributed by atoms with Gasteiger partial charge < -0.3 is 20.3 Å². The number of rotatable bonds is 6. The highest BCUT2D eigenvalue weighted by atomic mass is 127. The fourth-order valence-electron chi connectivity index (χ4n) is 4.52. The smallest absolute Gasteiger partial charge is 0.225 e. The second kappa shape index (κ2) is 13.0. The minimum Gasteiger partial charge on any atom is -0.381 e. The number of carbonyl (C=O) groups is 1. The molecule has 2 aliphatic heterocycles. The van der Waals surface area contributed by atoms with Crippen LogP contribution < -0.4 is 10.6 Å². The number of nitrogens with zero attached hydrogens (tertiary/aromatic N) is 2. The number of hydrogen-bond donors (Lipinski definition) is 2. The van der Waals surface area contributed by atoms with Gasteiger partial charge in [-0.2, -0.15) is 0 Å². The lowest BCUT2D eigenvalue weighted by atomic mass is 9.74. The van der Waals surface area contributed by atoms with Crippen molar-refractivity contribution in [1.29, 1.82) is 0 Å². The summed E-state index contributed by atoms with van der Waals surface area (Å²) in [6, 6.07) is 8.44. The first kappa shape index (κ1) is 27.2. The number of nitrogens with one attached hydrogen (secondary N) is 2. The van der Waals surface area contributed by atoms with Crippen molar-refractivity contribution in [1.82, 2.24) is 15.5 Å². The van der Waals surface area contributed by atoms with Crippen LogP contribution in [0.4, 0.5) is 0 Å². The van der Waals surface area contributed by atoms with Gasteiger partial charge in [-0.3, -0.25) is 9.79 Å². The van der Waals surface area contributed by atoms with Crippen molar-refractivity contribution in [2.24, 2.45) is 10.9 Å². The van der Waals surface area contributed by atoms with Crippen LogP contribution >= 0.6 is 35.6 Å². The van der Waals surface area contributed by atoms with E-state index in [0.717, 1.165) is 69.5 Å². The van der Waals surface area contributed by atoms with Gasteiger partial charge in [0.05, 0.1) is 6.54 Å². The van der Waals surface area contributed by atoms with Crippen LogP contribution in [0.3, 0.4) is 0 Å². The number of aliphatic imine (C=N–C) groups is 1. The lowest BCUT2D eigenvalue weighted by molar-refractivity contribution is -0.135. The molecule has 0 bridgehead atoms. The Morgan fingerprint density at radius 1 is 1.25 bits per heavy atom. The second-order valence-electron chi connectivity index (χ2n) is 8.97. The maximum Gasteiger partial charge on any atom is 0.225 e. The molecular formula is C24H38ClIN4O2. The number of piperidine rings is 1. The summed E-state index contributed by atoms with van der Waals surface area (Å²) < 4.78 is 5.65. The van der Waals surface area contributed by atoms with Gasteiger partial charge in [0.2, 0.25) is 5.91 Å². The normalized spacial score (nSPS) is 19.4. The van der Waals surface area contributed by atoms with Crippen molar-refractivity contribution >= 4 is 47.4 Å². The van der Waals surface area contributed by atoms with Crippen LogP contribution in [-0.2, 0) is 14.9 Å². The lowest BCUT2D eigenvalue weighted by Crippen LogP contribution is -2.50. The molecule has 180 valence electrons. The standard InChI is InChI=1S/C24H37ClN4O2.HI/c1-4-26-23(28-19-9-13-29(14-10-19)22(30)18(2)3)27-17-24(11-15-31-16-12-24)20-7-5-6-8-21(20)25;/h5-8,18-19H,4,9-17H2,1-3H3,(H2,26,27,28);1H. The Kier molecular flexibility index (Phi) is 11.0. The van der Waals surface area contributed by atoms with Crippen molar-refractivity contribution in [2.45, 2.75) is 57.9 Å². The minimum atomic E-state index is -0.105. The Bertz CT molecular complexity index is 760. The number of benzene rings is 1. The van der Waals surface area contributed by atoms with E-state index in [4.69, 9.17) is 21.3 Å². The molecule has 2 heterocycles. The van der Waals surface area contributed by atoms with Gasteiger partial charge in [0.1, 0.15) is 0 Å². The molecular weight excluding hydrogens is 539 g/mol. The summed E-state index contributed by atoms with van der Waals surface area (Å²) in [4.78, 5) is 19.2. The Morgan fingerprint density at radius 3 is 2.50 bits per heavy atom. The maximum absolute atomic E-state index is 12.3. The molecule has 0 saturated carbocycles. The average Bonchev–Trinajstić information content (AvgIpc) is 2.78. The summed E-state index contributed by atoms with van der Waals surface area (Å²) >= 11 is 6.59. The molecule has 0 aromatic heterocycles. The molecule has 1 aromatic rings. The molecule has 3 rings (SSSR count). The van der Waals surface area contributed by atoms with E-state index < -0.39 is 0 Å². The Labute approximate surface area is 214 Å². The largest absolute Gasteiger partial charge is 0.381 e. The highest BCUT2D eigenvalue weighted by Crippen LogP contribution is 2.38. The molecule has 0 spiro atoms. The van der Waals surface area contributed by atoms with E-state index in [1.165, 1.54) is 5.56 Å². The number of hydrogen-bond acceptors (Lipinski definition) is 3. The van der Waals surface area contributed by atoms with Gasteiger partial charge in [-0.15, -0.1) is 24.0 Å². The van der Waals surface area contributed by atoms with Gasteiger partial charge in [-0.25, -0.2) is 0 Å². The van der Waals surface area contributed by atoms with Crippen LogP contribution in [0.15, 0.2) is 29.3 Å². The molecule has 6 nitrogen and oxygen atoms in total. The number of ether oxygens (including phenoxy) is 1. The topological polar surface area (TPSA) is 66.0 Å². The van der Waals surface area contributed by atoms with Crippen molar-refractivity contribution in [2.75, 3.05) is 39.4 Å². The Morgan fingerprint density at radius 2 is 1.91 bits per heavy atom. The van der Waals surface area contributed by atoms with Crippen molar-refractivity contribution < 1.29 is 9.53 Å². The maximum atomic E-state index is 12.3. The molecule has 2 aliphatic rings. The van der Waals surface area contributed by atoms with Crippen LogP contribution in [0.5, 0.6) is 0 Å². The molecule has 2 N–H and O–H groups in total. The van der Waals surface area contributed by atoms with E-state index >= 15 is 0 Å². The monoisotopic (exact) mass is 576 g/mol.